The van der Waals surface area contributed by atoms with Crippen molar-refractivity contribution in [2.45, 2.75) is 46.1 Å². The second-order valence-corrected chi connectivity index (χ2v) is 9.35. The lowest BCUT2D eigenvalue weighted by molar-refractivity contribution is 0.151. The SMILES string of the molecule is CCCCOC(=O)NS(=O)(=O)C=Cc1cc(OCCCC)nn1Cc1ccc(Cl)cc1Cl. The van der Waals surface area contributed by atoms with Gasteiger partial charge >= 0.3 is 6.09 Å². The first-order valence-corrected chi connectivity index (χ1v) is 12.6. The smallest absolute Gasteiger partial charge is 0.421 e. The van der Waals surface area contributed by atoms with Crippen molar-refractivity contribution in [1.29, 1.82) is 0 Å². The molecule has 1 heterocycles. The van der Waals surface area contributed by atoms with Crippen LogP contribution < -0.4 is 9.46 Å². The second-order valence-electron chi connectivity index (χ2n) is 6.94. The molecule has 0 radical (unpaired) electrons. The zero-order chi connectivity index (χ0) is 23.6. The number of halogens is 2. The first-order valence-electron chi connectivity index (χ1n) is 10.3. The highest BCUT2D eigenvalue weighted by Gasteiger charge is 2.14. The molecular weight excluding hydrogens is 477 g/mol. The number of hydrogen-bond acceptors (Lipinski definition) is 6. The predicted octanol–water partition coefficient (Wildman–Crippen LogP) is 5.24. The van der Waals surface area contributed by atoms with Crippen LogP contribution in [0.1, 0.15) is 50.8 Å². The van der Waals surface area contributed by atoms with Crippen LogP contribution in [0.15, 0.2) is 29.7 Å². The number of benzene rings is 1. The van der Waals surface area contributed by atoms with Crippen LogP contribution in [0.25, 0.3) is 6.08 Å². The van der Waals surface area contributed by atoms with Gasteiger partial charge < -0.3 is 9.47 Å². The third-order valence-electron chi connectivity index (χ3n) is 4.25. The number of hydrogen-bond donors (Lipinski definition) is 1. The third kappa shape index (κ3) is 8.72. The van der Waals surface area contributed by atoms with Gasteiger partial charge in [0.1, 0.15) is 0 Å². The Labute approximate surface area is 198 Å². The number of amides is 1. The number of aromatic nitrogens is 2. The van der Waals surface area contributed by atoms with Crippen molar-refractivity contribution in [1.82, 2.24) is 14.5 Å². The Morgan fingerprint density at radius 2 is 1.88 bits per heavy atom. The molecule has 8 nitrogen and oxygen atoms in total. The summed E-state index contributed by atoms with van der Waals surface area (Å²) in [4.78, 5) is 11.7. The molecule has 11 heteroatoms. The van der Waals surface area contributed by atoms with Crippen LogP contribution in [0, 0.1) is 0 Å². The maximum Gasteiger partial charge on any atom is 0.421 e. The van der Waals surface area contributed by atoms with Gasteiger partial charge in [0.2, 0.25) is 5.88 Å². The summed E-state index contributed by atoms with van der Waals surface area (Å²) in [6.45, 7) is 4.88. The van der Waals surface area contributed by atoms with Gasteiger partial charge in [-0.05, 0) is 36.6 Å². The lowest BCUT2D eigenvalue weighted by atomic mass is 10.2. The Morgan fingerprint density at radius 1 is 1.16 bits per heavy atom. The zero-order valence-electron chi connectivity index (χ0n) is 18.0. The van der Waals surface area contributed by atoms with Crippen molar-refractivity contribution in [2.24, 2.45) is 0 Å². The molecule has 0 aliphatic carbocycles. The van der Waals surface area contributed by atoms with Gasteiger partial charge in [0, 0.05) is 16.1 Å². The highest BCUT2D eigenvalue weighted by Crippen LogP contribution is 2.23. The molecule has 2 rings (SSSR count). The number of nitrogens with zero attached hydrogens (tertiary/aromatic N) is 2. The molecule has 0 saturated heterocycles. The van der Waals surface area contributed by atoms with E-state index in [4.69, 9.17) is 32.7 Å². The van der Waals surface area contributed by atoms with Crippen LogP contribution in [0.4, 0.5) is 4.79 Å². The Balaban J connectivity index is 2.20. The average Bonchev–Trinajstić information content (AvgIpc) is 3.10. The summed E-state index contributed by atoms with van der Waals surface area (Å²) < 4.78 is 38.3. The molecule has 1 amide bonds. The average molecular weight is 504 g/mol. The first kappa shape index (κ1) is 26.0. The minimum atomic E-state index is -4.06. The van der Waals surface area contributed by atoms with Gasteiger partial charge in [-0.2, -0.15) is 0 Å². The maximum atomic E-state index is 12.2. The molecule has 0 aliphatic rings. The summed E-state index contributed by atoms with van der Waals surface area (Å²) in [5, 5.41) is 6.24. The summed E-state index contributed by atoms with van der Waals surface area (Å²) in [6.07, 6.45) is 3.60. The minimum absolute atomic E-state index is 0.147. The van der Waals surface area contributed by atoms with E-state index in [1.165, 1.54) is 6.08 Å². The first-order chi connectivity index (χ1) is 15.2. The van der Waals surface area contributed by atoms with Crippen molar-refractivity contribution in [3.63, 3.8) is 0 Å². The van der Waals surface area contributed by atoms with Gasteiger partial charge in [0.05, 0.1) is 30.9 Å². The largest absolute Gasteiger partial charge is 0.477 e. The molecule has 0 aliphatic heterocycles. The van der Waals surface area contributed by atoms with E-state index in [9.17, 15) is 13.2 Å². The summed E-state index contributed by atoms with van der Waals surface area (Å²) in [6, 6.07) is 6.71. The molecule has 2 aromatic rings. The number of rotatable bonds is 12. The lowest BCUT2D eigenvalue weighted by Crippen LogP contribution is -2.29. The zero-order valence-corrected chi connectivity index (χ0v) is 20.3. The fourth-order valence-electron chi connectivity index (χ4n) is 2.52. The molecule has 176 valence electrons. The standard InChI is InChI=1S/C21H27Cl2N3O5S/c1-3-5-10-30-20-14-18(9-12-32(28,29)25-21(27)31-11-6-4-2)26(24-20)15-16-7-8-17(22)13-19(16)23/h7-9,12-14H,3-6,10-11,15H2,1-2H3,(H,25,27). The molecule has 1 aromatic heterocycles. The Kier molecular flexibility index (Phi) is 10.3. The fourth-order valence-corrected chi connectivity index (χ4v) is 3.66. The van der Waals surface area contributed by atoms with E-state index in [0.717, 1.165) is 30.2 Å². The summed E-state index contributed by atoms with van der Waals surface area (Å²) in [5.41, 5.74) is 1.20. The minimum Gasteiger partial charge on any atom is -0.477 e. The molecule has 0 spiro atoms. The number of nitrogens with one attached hydrogen (secondary N) is 1. The van der Waals surface area contributed by atoms with Crippen LogP contribution in [0.3, 0.4) is 0 Å². The van der Waals surface area contributed by atoms with Crippen LogP contribution >= 0.6 is 23.2 Å². The van der Waals surface area contributed by atoms with Gasteiger partial charge in [-0.1, -0.05) is 56.0 Å². The van der Waals surface area contributed by atoms with E-state index in [2.05, 4.69) is 5.10 Å². The van der Waals surface area contributed by atoms with Gasteiger partial charge in [0.15, 0.2) is 0 Å². The van der Waals surface area contributed by atoms with Gasteiger partial charge in [-0.25, -0.2) is 17.9 Å². The number of carbonyl (C=O) groups is 1. The van der Waals surface area contributed by atoms with E-state index in [1.807, 2.05) is 18.6 Å². The topological polar surface area (TPSA) is 99.5 Å². The van der Waals surface area contributed by atoms with E-state index in [1.54, 1.807) is 28.9 Å². The van der Waals surface area contributed by atoms with Crippen LogP contribution in [0.2, 0.25) is 10.0 Å². The van der Waals surface area contributed by atoms with Crippen molar-refractivity contribution < 1.29 is 22.7 Å². The number of sulfonamides is 1. The van der Waals surface area contributed by atoms with Crippen molar-refractivity contribution in [2.75, 3.05) is 13.2 Å². The molecule has 32 heavy (non-hydrogen) atoms. The van der Waals surface area contributed by atoms with E-state index < -0.39 is 16.1 Å². The quantitative estimate of drug-likeness (QED) is 0.397. The Morgan fingerprint density at radius 3 is 2.56 bits per heavy atom. The predicted molar refractivity (Wildman–Crippen MR) is 126 cm³/mol. The highest BCUT2D eigenvalue weighted by atomic mass is 35.5. The molecule has 0 bridgehead atoms. The number of unbranched alkanes of at least 4 members (excludes halogenated alkanes) is 2. The lowest BCUT2D eigenvalue weighted by Gasteiger charge is -2.08. The molecule has 1 N–H and O–H groups in total. The molecule has 0 saturated carbocycles. The van der Waals surface area contributed by atoms with Gasteiger partial charge in [0.25, 0.3) is 10.0 Å². The molecule has 1 aromatic carbocycles. The van der Waals surface area contributed by atoms with Crippen LogP contribution in [-0.2, 0) is 21.3 Å². The number of carbonyl (C=O) groups excluding carboxylic acids is 1. The molecular formula is C21H27Cl2N3O5S. The highest BCUT2D eigenvalue weighted by molar-refractivity contribution is 7.93. The number of ether oxygens (including phenoxy) is 2. The van der Waals surface area contributed by atoms with Crippen molar-refractivity contribution in [3.8, 4) is 5.88 Å². The van der Waals surface area contributed by atoms with Gasteiger partial charge in [-0.3, -0.25) is 4.68 Å². The Bertz CT molecular complexity index is 1040. The van der Waals surface area contributed by atoms with Crippen LogP contribution in [0.5, 0.6) is 5.88 Å². The fraction of sp³-hybridized carbons (Fsp3) is 0.429. The molecule has 0 unspecified atom stereocenters. The van der Waals surface area contributed by atoms with Crippen LogP contribution in [-0.4, -0.2) is 37.5 Å². The van der Waals surface area contributed by atoms with E-state index in [0.29, 0.717) is 34.6 Å². The summed E-state index contributed by atoms with van der Waals surface area (Å²) in [5.74, 6) is 0.354. The van der Waals surface area contributed by atoms with Gasteiger partial charge in [-0.15, -0.1) is 5.10 Å². The molecule has 0 fully saturated rings. The van der Waals surface area contributed by atoms with Crippen molar-refractivity contribution in [3.05, 3.63) is 51.0 Å². The normalized spacial score (nSPS) is 11.6. The van der Waals surface area contributed by atoms with E-state index in [-0.39, 0.29) is 13.2 Å². The second kappa shape index (κ2) is 12.7. The summed E-state index contributed by atoms with van der Waals surface area (Å²) in [7, 11) is -4.06. The Hall–Kier alpha value is -2.23. The third-order valence-corrected chi connectivity index (χ3v) is 5.78. The molecule has 0 atom stereocenters. The van der Waals surface area contributed by atoms with E-state index >= 15 is 0 Å². The maximum absolute atomic E-state index is 12.2. The monoisotopic (exact) mass is 503 g/mol. The van der Waals surface area contributed by atoms with Crippen molar-refractivity contribution >= 4 is 45.4 Å². The summed E-state index contributed by atoms with van der Waals surface area (Å²) >= 11 is 12.2.